The molecule has 4 rings (SSSR count). The molecular formula is C18H19ClN2O2S. The minimum Gasteiger partial charge on any atom is -0.378 e. The summed E-state index contributed by atoms with van der Waals surface area (Å²) in [5.41, 5.74) is 2.03. The fourth-order valence-corrected chi connectivity index (χ4v) is 4.83. The number of rotatable bonds is 2. The Bertz CT molecular complexity index is 738. The Labute approximate surface area is 150 Å². The first-order valence-electron chi connectivity index (χ1n) is 8.22. The van der Waals surface area contributed by atoms with E-state index in [1.165, 1.54) is 10.6 Å². The van der Waals surface area contributed by atoms with E-state index in [1.54, 1.807) is 11.3 Å². The van der Waals surface area contributed by atoms with Crippen LogP contribution in [0.25, 0.3) is 0 Å². The molecule has 1 fully saturated rings. The van der Waals surface area contributed by atoms with Gasteiger partial charge in [-0.2, -0.15) is 0 Å². The van der Waals surface area contributed by atoms with E-state index in [-0.39, 0.29) is 11.8 Å². The second-order valence-corrected chi connectivity index (χ2v) is 7.61. The third-order valence-corrected chi connectivity index (χ3v) is 6.18. The smallest absolute Gasteiger partial charge is 0.252 e. The Hall–Kier alpha value is -1.56. The molecule has 2 aromatic rings. The largest absolute Gasteiger partial charge is 0.378 e. The van der Waals surface area contributed by atoms with Gasteiger partial charge in [0.25, 0.3) is 5.91 Å². The topological polar surface area (TPSA) is 41.6 Å². The second-order valence-electron chi connectivity index (χ2n) is 6.11. The number of anilines is 1. The van der Waals surface area contributed by atoms with Gasteiger partial charge in [0, 0.05) is 35.5 Å². The molecule has 2 aliphatic rings. The van der Waals surface area contributed by atoms with Crippen LogP contribution in [-0.4, -0.2) is 38.8 Å². The molecule has 0 spiro atoms. The van der Waals surface area contributed by atoms with Gasteiger partial charge in [-0.3, -0.25) is 4.79 Å². The van der Waals surface area contributed by atoms with Crippen LogP contribution in [0.15, 0.2) is 30.3 Å². The van der Waals surface area contributed by atoms with Gasteiger partial charge >= 0.3 is 0 Å². The van der Waals surface area contributed by atoms with Crippen molar-refractivity contribution in [2.45, 2.75) is 12.3 Å². The Morgan fingerprint density at radius 1 is 1.21 bits per heavy atom. The summed E-state index contributed by atoms with van der Waals surface area (Å²) in [7, 11) is 0. The molecule has 2 aliphatic heterocycles. The van der Waals surface area contributed by atoms with E-state index in [0.29, 0.717) is 6.54 Å². The average molecular weight is 363 g/mol. The quantitative estimate of drug-likeness (QED) is 0.889. The number of halogens is 1. The molecule has 3 heterocycles. The summed E-state index contributed by atoms with van der Waals surface area (Å²) in [4.78, 5) is 15.9. The SMILES string of the molecule is O=C1NCCC(c2ccc(Cl)cc2)c2sc(N3CCOCC3)cc21. The molecule has 0 aliphatic carbocycles. The molecule has 4 nitrogen and oxygen atoms in total. The van der Waals surface area contributed by atoms with Crippen LogP contribution in [-0.2, 0) is 4.74 Å². The van der Waals surface area contributed by atoms with Crippen molar-refractivity contribution in [1.82, 2.24) is 5.32 Å². The highest BCUT2D eigenvalue weighted by molar-refractivity contribution is 7.16. The number of nitrogens with one attached hydrogen (secondary N) is 1. The molecule has 1 aromatic carbocycles. The van der Waals surface area contributed by atoms with Crippen LogP contribution in [0, 0.1) is 0 Å². The molecule has 24 heavy (non-hydrogen) atoms. The van der Waals surface area contributed by atoms with Crippen LogP contribution in [0.4, 0.5) is 5.00 Å². The molecular weight excluding hydrogens is 344 g/mol. The van der Waals surface area contributed by atoms with Gasteiger partial charge in [-0.1, -0.05) is 23.7 Å². The monoisotopic (exact) mass is 362 g/mol. The van der Waals surface area contributed by atoms with Crippen molar-refractivity contribution in [2.75, 3.05) is 37.7 Å². The summed E-state index contributed by atoms with van der Waals surface area (Å²) < 4.78 is 5.44. The second kappa shape index (κ2) is 6.75. The highest BCUT2D eigenvalue weighted by Gasteiger charge is 2.28. The van der Waals surface area contributed by atoms with E-state index in [2.05, 4.69) is 28.4 Å². The number of amides is 1. The number of carbonyl (C=O) groups is 1. The first kappa shape index (κ1) is 15.9. The lowest BCUT2D eigenvalue weighted by Crippen LogP contribution is -2.35. The maximum Gasteiger partial charge on any atom is 0.252 e. The van der Waals surface area contributed by atoms with E-state index in [9.17, 15) is 4.79 Å². The van der Waals surface area contributed by atoms with Crippen LogP contribution in [0.2, 0.25) is 5.02 Å². The molecule has 126 valence electrons. The fraction of sp³-hybridized carbons (Fsp3) is 0.389. The van der Waals surface area contributed by atoms with Crippen LogP contribution < -0.4 is 10.2 Å². The van der Waals surface area contributed by atoms with E-state index in [4.69, 9.17) is 16.3 Å². The fourth-order valence-electron chi connectivity index (χ4n) is 3.34. The van der Waals surface area contributed by atoms with Crippen molar-refractivity contribution in [3.05, 3.63) is 51.4 Å². The van der Waals surface area contributed by atoms with Gasteiger partial charge in [0.1, 0.15) is 0 Å². The van der Waals surface area contributed by atoms with Gasteiger partial charge in [0.2, 0.25) is 0 Å². The highest BCUT2D eigenvalue weighted by Crippen LogP contribution is 2.41. The zero-order chi connectivity index (χ0) is 16.5. The van der Waals surface area contributed by atoms with Crippen LogP contribution in [0.1, 0.15) is 33.1 Å². The zero-order valence-corrected chi connectivity index (χ0v) is 14.8. The lowest BCUT2D eigenvalue weighted by Gasteiger charge is -2.27. The zero-order valence-electron chi connectivity index (χ0n) is 13.3. The number of morpholine rings is 1. The van der Waals surface area contributed by atoms with E-state index in [1.807, 2.05) is 12.1 Å². The van der Waals surface area contributed by atoms with Crippen molar-refractivity contribution >= 4 is 33.8 Å². The Morgan fingerprint density at radius 2 is 1.96 bits per heavy atom. The van der Waals surface area contributed by atoms with Crippen LogP contribution in [0.5, 0.6) is 0 Å². The number of thiophene rings is 1. The molecule has 0 radical (unpaired) electrons. The molecule has 1 saturated heterocycles. The Kier molecular flexibility index (Phi) is 4.48. The minimum atomic E-state index is 0.0391. The lowest BCUT2D eigenvalue weighted by molar-refractivity contribution is 0.0956. The van der Waals surface area contributed by atoms with Gasteiger partial charge in [0.15, 0.2) is 0 Å². The van der Waals surface area contributed by atoms with Gasteiger partial charge in [-0.25, -0.2) is 0 Å². The van der Waals surface area contributed by atoms with Gasteiger partial charge in [0.05, 0.1) is 23.8 Å². The Morgan fingerprint density at radius 3 is 2.71 bits per heavy atom. The predicted molar refractivity (Wildman–Crippen MR) is 97.6 cm³/mol. The number of nitrogens with zero attached hydrogens (tertiary/aromatic N) is 1. The average Bonchev–Trinajstić information content (AvgIpc) is 2.99. The maximum absolute atomic E-state index is 12.5. The summed E-state index contributed by atoms with van der Waals surface area (Å²) in [6.45, 7) is 3.95. The predicted octanol–water partition coefficient (Wildman–Crippen LogP) is 3.50. The summed E-state index contributed by atoms with van der Waals surface area (Å²) in [6, 6.07) is 10.0. The van der Waals surface area contributed by atoms with E-state index >= 15 is 0 Å². The maximum atomic E-state index is 12.5. The Balaban J connectivity index is 1.73. The van der Waals surface area contributed by atoms with E-state index in [0.717, 1.165) is 48.2 Å². The van der Waals surface area contributed by atoms with Crippen molar-refractivity contribution in [1.29, 1.82) is 0 Å². The first-order chi connectivity index (χ1) is 11.7. The normalized spacial score (nSPS) is 21.1. The van der Waals surface area contributed by atoms with Crippen LogP contribution in [0.3, 0.4) is 0 Å². The third kappa shape index (κ3) is 3.04. The molecule has 0 bridgehead atoms. The molecule has 0 saturated carbocycles. The number of fused-ring (bicyclic) bond motifs is 1. The molecule has 1 unspecified atom stereocenters. The molecule has 6 heteroatoms. The number of ether oxygens (including phenoxy) is 1. The molecule has 1 amide bonds. The number of benzene rings is 1. The summed E-state index contributed by atoms with van der Waals surface area (Å²) in [5, 5.41) is 4.93. The number of hydrogen-bond acceptors (Lipinski definition) is 4. The molecule has 1 N–H and O–H groups in total. The van der Waals surface area contributed by atoms with Gasteiger partial charge < -0.3 is 15.0 Å². The van der Waals surface area contributed by atoms with Gasteiger partial charge in [-0.15, -0.1) is 11.3 Å². The highest BCUT2D eigenvalue weighted by atomic mass is 35.5. The van der Waals surface area contributed by atoms with Crippen molar-refractivity contribution < 1.29 is 9.53 Å². The standard InChI is InChI=1S/C18H19ClN2O2S/c19-13-3-1-12(2-4-13)14-5-6-20-18(22)15-11-16(24-17(14)15)21-7-9-23-10-8-21/h1-4,11,14H,5-10H2,(H,20,22). The van der Waals surface area contributed by atoms with Crippen molar-refractivity contribution in [3.63, 3.8) is 0 Å². The summed E-state index contributed by atoms with van der Waals surface area (Å²) in [6.07, 6.45) is 0.906. The summed E-state index contributed by atoms with van der Waals surface area (Å²) in [5.74, 6) is 0.272. The number of carbonyl (C=O) groups excluding carboxylic acids is 1. The third-order valence-electron chi connectivity index (χ3n) is 4.62. The van der Waals surface area contributed by atoms with E-state index < -0.39 is 0 Å². The molecule has 1 atom stereocenters. The summed E-state index contributed by atoms with van der Waals surface area (Å²) >= 11 is 7.77. The van der Waals surface area contributed by atoms with Crippen LogP contribution >= 0.6 is 22.9 Å². The van der Waals surface area contributed by atoms with Crippen molar-refractivity contribution in [3.8, 4) is 0 Å². The molecule has 1 aromatic heterocycles. The van der Waals surface area contributed by atoms with Gasteiger partial charge in [-0.05, 0) is 30.2 Å². The van der Waals surface area contributed by atoms with Crippen molar-refractivity contribution in [2.24, 2.45) is 0 Å². The first-order valence-corrected chi connectivity index (χ1v) is 9.42. The minimum absolute atomic E-state index is 0.0391. The number of hydrogen-bond donors (Lipinski definition) is 1. The lowest BCUT2D eigenvalue weighted by atomic mass is 9.93.